The van der Waals surface area contributed by atoms with Crippen molar-refractivity contribution < 1.29 is 19.8 Å². The van der Waals surface area contributed by atoms with Crippen molar-refractivity contribution in [3.8, 4) is 5.75 Å². The number of amides is 1. The van der Waals surface area contributed by atoms with Crippen LogP contribution >= 0.6 is 0 Å². The summed E-state index contributed by atoms with van der Waals surface area (Å²) >= 11 is 0. The number of carboxylic acids is 1. The zero-order valence-corrected chi connectivity index (χ0v) is 14.0. The molecule has 0 saturated heterocycles. The molecule has 1 saturated carbocycles. The molecule has 1 aliphatic rings. The highest BCUT2D eigenvalue weighted by Gasteiger charge is 2.28. The summed E-state index contributed by atoms with van der Waals surface area (Å²) in [6.45, 7) is 2.67. The minimum atomic E-state index is -1.11. The summed E-state index contributed by atoms with van der Waals surface area (Å²) in [6, 6.07) is 8.19. The lowest BCUT2D eigenvalue weighted by molar-refractivity contribution is 0.0696. The quantitative estimate of drug-likeness (QED) is 0.844. The molecule has 0 radical (unpaired) electrons. The zero-order valence-electron chi connectivity index (χ0n) is 14.0. The number of aromatic carboxylic acids is 1. The molecule has 1 aliphatic carbocycles. The van der Waals surface area contributed by atoms with Gasteiger partial charge in [0.05, 0.1) is 16.8 Å². The molecule has 0 spiro atoms. The molecule has 2 N–H and O–H groups in total. The summed E-state index contributed by atoms with van der Waals surface area (Å²) in [6.07, 6.45) is 3.45. The molecule has 1 aromatic heterocycles. The highest BCUT2D eigenvalue weighted by molar-refractivity contribution is 5.98. The van der Waals surface area contributed by atoms with E-state index in [1.165, 1.54) is 12.3 Å². The summed E-state index contributed by atoms with van der Waals surface area (Å²) in [7, 11) is 0. The van der Waals surface area contributed by atoms with Gasteiger partial charge in [0.25, 0.3) is 5.91 Å². The first-order chi connectivity index (χ1) is 11.9. The first kappa shape index (κ1) is 17.0. The van der Waals surface area contributed by atoms with Gasteiger partial charge in [0.1, 0.15) is 5.75 Å². The van der Waals surface area contributed by atoms with Gasteiger partial charge in [0.15, 0.2) is 0 Å². The molecule has 0 bridgehead atoms. The van der Waals surface area contributed by atoms with Crippen molar-refractivity contribution in [1.82, 2.24) is 9.88 Å². The molecule has 0 aliphatic heterocycles. The van der Waals surface area contributed by atoms with Crippen molar-refractivity contribution in [2.45, 2.75) is 26.3 Å². The minimum absolute atomic E-state index is 0.00215. The summed E-state index contributed by atoms with van der Waals surface area (Å²) in [5, 5.41) is 18.8. The Kier molecular flexibility index (Phi) is 4.70. The van der Waals surface area contributed by atoms with Gasteiger partial charge in [-0.3, -0.25) is 9.78 Å². The number of nitrogens with zero attached hydrogens (tertiary/aromatic N) is 2. The maximum atomic E-state index is 13.0. The standard InChI is InChI=1S/C19H20N2O4/c1-12-17(8-15(9-20-12)19(24)25)18(23)21(10-13-5-6-13)11-14-3-2-4-16(22)7-14/h2-4,7-9,13,22H,5-6,10-11H2,1H3,(H,24,25). The predicted molar refractivity (Wildman–Crippen MR) is 91.5 cm³/mol. The topological polar surface area (TPSA) is 90.7 Å². The fraction of sp³-hybridized carbons (Fsp3) is 0.316. The predicted octanol–water partition coefficient (Wildman–Crippen LogP) is 2.85. The molecule has 6 heteroatoms. The SMILES string of the molecule is Cc1ncc(C(=O)O)cc1C(=O)N(Cc1cccc(O)c1)CC1CC1. The first-order valence-electron chi connectivity index (χ1n) is 8.21. The first-order valence-corrected chi connectivity index (χ1v) is 8.21. The van der Waals surface area contributed by atoms with Crippen LogP contribution in [0.4, 0.5) is 0 Å². The molecule has 0 unspecified atom stereocenters. The van der Waals surface area contributed by atoms with Crippen molar-refractivity contribution in [3.63, 3.8) is 0 Å². The molecule has 25 heavy (non-hydrogen) atoms. The van der Waals surface area contributed by atoms with Gasteiger partial charge in [-0.25, -0.2) is 4.79 Å². The van der Waals surface area contributed by atoms with Crippen LogP contribution in [0.5, 0.6) is 5.75 Å². The van der Waals surface area contributed by atoms with Crippen LogP contribution in [0.25, 0.3) is 0 Å². The lowest BCUT2D eigenvalue weighted by Gasteiger charge is -2.24. The average Bonchev–Trinajstić information content (AvgIpc) is 3.38. The number of phenols is 1. The maximum absolute atomic E-state index is 13.0. The molecular formula is C19H20N2O4. The number of carbonyl (C=O) groups excluding carboxylic acids is 1. The summed E-state index contributed by atoms with van der Waals surface area (Å²) in [5.74, 6) is -0.703. The van der Waals surface area contributed by atoms with Gasteiger partial charge in [-0.2, -0.15) is 0 Å². The van der Waals surface area contributed by atoms with Crippen molar-refractivity contribution in [1.29, 1.82) is 0 Å². The lowest BCUT2D eigenvalue weighted by atomic mass is 10.1. The Morgan fingerprint density at radius 3 is 2.68 bits per heavy atom. The molecule has 0 atom stereocenters. The average molecular weight is 340 g/mol. The van der Waals surface area contributed by atoms with Crippen LogP contribution in [0, 0.1) is 12.8 Å². The third-order valence-corrected chi connectivity index (χ3v) is 4.31. The van der Waals surface area contributed by atoms with E-state index in [-0.39, 0.29) is 17.2 Å². The summed E-state index contributed by atoms with van der Waals surface area (Å²) in [4.78, 5) is 30.0. The summed E-state index contributed by atoms with van der Waals surface area (Å²) < 4.78 is 0. The number of carbonyl (C=O) groups is 2. The van der Waals surface area contributed by atoms with E-state index in [4.69, 9.17) is 5.11 Å². The smallest absolute Gasteiger partial charge is 0.337 e. The molecule has 1 fully saturated rings. The number of carboxylic acid groups (broad SMARTS) is 1. The highest BCUT2D eigenvalue weighted by Crippen LogP contribution is 2.31. The van der Waals surface area contributed by atoms with E-state index >= 15 is 0 Å². The summed E-state index contributed by atoms with van der Waals surface area (Å²) in [5.41, 5.74) is 1.64. The Bertz CT molecular complexity index is 815. The Labute approximate surface area is 145 Å². The van der Waals surface area contributed by atoms with Crippen molar-refractivity contribution in [3.05, 3.63) is 58.9 Å². The second-order valence-corrected chi connectivity index (χ2v) is 6.46. The number of aromatic hydroxyl groups is 1. The lowest BCUT2D eigenvalue weighted by Crippen LogP contribution is -2.33. The van der Waals surface area contributed by atoms with Crippen LogP contribution in [-0.4, -0.2) is 38.5 Å². The fourth-order valence-electron chi connectivity index (χ4n) is 2.74. The van der Waals surface area contributed by atoms with Gasteiger partial charge in [0.2, 0.25) is 0 Å². The van der Waals surface area contributed by atoms with Crippen LogP contribution in [0.3, 0.4) is 0 Å². The number of rotatable bonds is 6. The minimum Gasteiger partial charge on any atom is -0.508 e. The zero-order chi connectivity index (χ0) is 18.0. The number of aromatic nitrogens is 1. The van der Waals surface area contributed by atoms with Crippen molar-refractivity contribution in [2.24, 2.45) is 5.92 Å². The second kappa shape index (κ2) is 6.93. The Morgan fingerprint density at radius 2 is 2.04 bits per heavy atom. The molecule has 130 valence electrons. The normalized spacial score (nSPS) is 13.5. The number of phenolic OH excluding ortho intramolecular Hbond substituents is 1. The van der Waals surface area contributed by atoms with Crippen LogP contribution in [0.2, 0.25) is 0 Å². The largest absolute Gasteiger partial charge is 0.508 e. The molecule has 3 rings (SSSR count). The number of pyridine rings is 1. The molecular weight excluding hydrogens is 320 g/mol. The van der Waals surface area contributed by atoms with Crippen LogP contribution in [-0.2, 0) is 6.54 Å². The number of hydrogen-bond donors (Lipinski definition) is 2. The van der Waals surface area contributed by atoms with E-state index in [2.05, 4.69) is 4.98 Å². The van der Waals surface area contributed by atoms with Crippen molar-refractivity contribution >= 4 is 11.9 Å². The Morgan fingerprint density at radius 1 is 1.28 bits per heavy atom. The van der Waals surface area contributed by atoms with E-state index in [0.29, 0.717) is 30.3 Å². The Balaban J connectivity index is 1.88. The van der Waals surface area contributed by atoms with Crippen molar-refractivity contribution in [2.75, 3.05) is 6.54 Å². The molecule has 1 heterocycles. The van der Waals surface area contributed by atoms with E-state index in [0.717, 1.165) is 18.4 Å². The van der Waals surface area contributed by atoms with Crippen LogP contribution in [0.15, 0.2) is 36.5 Å². The molecule has 6 nitrogen and oxygen atoms in total. The third kappa shape index (κ3) is 4.15. The molecule has 1 amide bonds. The number of aryl methyl sites for hydroxylation is 1. The number of benzene rings is 1. The van der Waals surface area contributed by atoms with Gasteiger partial charge >= 0.3 is 5.97 Å². The van der Waals surface area contributed by atoms with E-state index < -0.39 is 5.97 Å². The van der Waals surface area contributed by atoms with Gasteiger partial charge < -0.3 is 15.1 Å². The maximum Gasteiger partial charge on any atom is 0.337 e. The fourth-order valence-corrected chi connectivity index (χ4v) is 2.74. The van der Waals surface area contributed by atoms with E-state index in [1.54, 1.807) is 30.0 Å². The number of hydrogen-bond acceptors (Lipinski definition) is 4. The third-order valence-electron chi connectivity index (χ3n) is 4.31. The van der Waals surface area contributed by atoms with Gasteiger partial charge in [-0.15, -0.1) is 0 Å². The highest BCUT2D eigenvalue weighted by atomic mass is 16.4. The van der Waals surface area contributed by atoms with E-state index in [9.17, 15) is 14.7 Å². The van der Waals surface area contributed by atoms with Crippen LogP contribution in [0.1, 0.15) is 44.8 Å². The van der Waals surface area contributed by atoms with Gasteiger partial charge in [0, 0.05) is 19.3 Å². The van der Waals surface area contributed by atoms with Crippen LogP contribution < -0.4 is 0 Å². The Hall–Kier alpha value is -2.89. The molecule has 2 aromatic rings. The second-order valence-electron chi connectivity index (χ2n) is 6.46. The van der Waals surface area contributed by atoms with Gasteiger partial charge in [-0.1, -0.05) is 12.1 Å². The van der Waals surface area contributed by atoms with E-state index in [1.807, 2.05) is 6.07 Å². The molecule has 1 aromatic carbocycles. The monoisotopic (exact) mass is 340 g/mol. The van der Waals surface area contributed by atoms with Gasteiger partial charge in [-0.05, 0) is 49.4 Å².